The van der Waals surface area contributed by atoms with E-state index < -0.39 is 10.0 Å². The van der Waals surface area contributed by atoms with Crippen LogP contribution >= 0.6 is 11.3 Å². The number of nitrogens with zero attached hydrogens (tertiary/aromatic N) is 2. The minimum absolute atomic E-state index is 0.0313. The Balaban J connectivity index is 1.64. The standard InChI is InChI=1S/C22H31N3O3S2/c1-15-16(2)18(4)22(19(5)17(15)3)30(27,28)25-10-8-24(9-11-25)14-21(26)23-13-20-7-6-12-29-20/h6-7,12H,8-11,13-14H2,1-5H3,(H,23,26). The molecule has 0 bridgehead atoms. The lowest BCUT2D eigenvalue weighted by Gasteiger charge is -2.34. The molecule has 164 valence electrons. The molecule has 1 N–H and O–H groups in total. The first kappa shape index (κ1) is 22.9. The predicted octanol–water partition coefficient (Wildman–Crippen LogP) is 2.91. The van der Waals surface area contributed by atoms with Crippen molar-refractivity contribution in [2.75, 3.05) is 32.7 Å². The van der Waals surface area contributed by atoms with Gasteiger partial charge in [0.15, 0.2) is 0 Å². The highest BCUT2D eigenvalue weighted by molar-refractivity contribution is 7.89. The zero-order valence-electron chi connectivity index (χ0n) is 18.4. The van der Waals surface area contributed by atoms with Gasteiger partial charge in [-0.25, -0.2) is 8.42 Å². The Morgan fingerprint density at radius 1 is 0.967 bits per heavy atom. The van der Waals surface area contributed by atoms with Gasteiger partial charge in [0, 0.05) is 31.1 Å². The van der Waals surface area contributed by atoms with Gasteiger partial charge in [0.05, 0.1) is 18.0 Å². The van der Waals surface area contributed by atoms with Crippen molar-refractivity contribution in [3.8, 4) is 0 Å². The van der Waals surface area contributed by atoms with Gasteiger partial charge >= 0.3 is 0 Å². The molecule has 8 heteroatoms. The SMILES string of the molecule is Cc1c(C)c(C)c(S(=O)(=O)N2CCN(CC(=O)NCc3cccs3)CC2)c(C)c1C. The first-order chi connectivity index (χ1) is 14.1. The summed E-state index contributed by atoms with van der Waals surface area (Å²) < 4.78 is 28.4. The Labute approximate surface area is 183 Å². The third-order valence-electron chi connectivity index (χ3n) is 6.27. The summed E-state index contributed by atoms with van der Waals surface area (Å²) in [4.78, 5) is 15.8. The van der Waals surface area contributed by atoms with Crippen LogP contribution in [0, 0.1) is 34.6 Å². The number of rotatable bonds is 6. The van der Waals surface area contributed by atoms with E-state index in [1.54, 1.807) is 15.6 Å². The van der Waals surface area contributed by atoms with Crippen LogP contribution in [0.2, 0.25) is 0 Å². The molecular weight excluding hydrogens is 418 g/mol. The maximum absolute atomic E-state index is 13.4. The number of carbonyl (C=O) groups is 1. The van der Waals surface area contributed by atoms with Gasteiger partial charge in [-0.15, -0.1) is 11.3 Å². The fourth-order valence-electron chi connectivity index (χ4n) is 3.97. The van der Waals surface area contributed by atoms with Gasteiger partial charge in [0.25, 0.3) is 0 Å². The smallest absolute Gasteiger partial charge is 0.243 e. The van der Waals surface area contributed by atoms with Crippen LogP contribution in [0.15, 0.2) is 22.4 Å². The van der Waals surface area contributed by atoms with Crippen LogP contribution in [0.3, 0.4) is 0 Å². The van der Waals surface area contributed by atoms with Gasteiger partial charge in [-0.3, -0.25) is 9.69 Å². The average molecular weight is 450 g/mol. The molecule has 2 aromatic rings. The summed E-state index contributed by atoms with van der Waals surface area (Å²) in [6, 6.07) is 3.96. The summed E-state index contributed by atoms with van der Waals surface area (Å²) in [7, 11) is -3.57. The molecule has 3 rings (SSSR count). The number of sulfonamides is 1. The van der Waals surface area contributed by atoms with Crippen LogP contribution in [0.25, 0.3) is 0 Å². The maximum atomic E-state index is 13.4. The number of amides is 1. The van der Waals surface area contributed by atoms with Crippen LogP contribution < -0.4 is 5.32 Å². The monoisotopic (exact) mass is 449 g/mol. The quantitative estimate of drug-likeness (QED) is 0.736. The summed E-state index contributed by atoms with van der Waals surface area (Å²) in [5, 5.41) is 4.92. The molecule has 1 amide bonds. The topological polar surface area (TPSA) is 69.7 Å². The molecular formula is C22H31N3O3S2. The Morgan fingerprint density at radius 3 is 2.07 bits per heavy atom. The number of hydrogen-bond acceptors (Lipinski definition) is 5. The second-order valence-corrected chi connectivity index (χ2v) is 10.9. The highest BCUT2D eigenvalue weighted by Crippen LogP contribution is 2.31. The van der Waals surface area contributed by atoms with Crippen LogP contribution in [-0.4, -0.2) is 56.3 Å². The van der Waals surface area contributed by atoms with Gasteiger partial charge in [0.1, 0.15) is 0 Å². The predicted molar refractivity (Wildman–Crippen MR) is 121 cm³/mol. The summed E-state index contributed by atoms with van der Waals surface area (Å²) in [6.45, 7) is 12.5. The van der Waals surface area contributed by atoms with Crippen LogP contribution in [-0.2, 0) is 21.4 Å². The van der Waals surface area contributed by atoms with Crippen molar-refractivity contribution in [1.29, 1.82) is 0 Å². The molecule has 1 aliphatic rings. The Hall–Kier alpha value is -1.74. The number of piperazine rings is 1. The molecule has 6 nitrogen and oxygen atoms in total. The van der Waals surface area contributed by atoms with E-state index >= 15 is 0 Å². The molecule has 1 aromatic carbocycles. The van der Waals surface area contributed by atoms with Gasteiger partial charge in [-0.2, -0.15) is 4.31 Å². The number of nitrogens with one attached hydrogen (secondary N) is 1. The van der Waals surface area contributed by atoms with Crippen LogP contribution in [0.1, 0.15) is 32.7 Å². The van der Waals surface area contributed by atoms with Crippen molar-refractivity contribution in [3.05, 3.63) is 50.2 Å². The van der Waals surface area contributed by atoms with Gasteiger partial charge in [-0.1, -0.05) is 6.07 Å². The second kappa shape index (κ2) is 9.18. The van der Waals surface area contributed by atoms with Crippen molar-refractivity contribution in [1.82, 2.24) is 14.5 Å². The molecule has 1 aromatic heterocycles. The molecule has 1 fully saturated rings. The molecule has 0 radical (unpaired) electrons. The lowest BCUT2D eigenvalue weighted by atomic mass is 9.95. The molecule has 0 atom stereocenters. The Morgan fingerprint density at radius 2 is 1.53 bits per heavy atom. The minimum Gasteiger partial charge on any atom is -0.350 e. The first-order valence-electron chi connectivity index (χ1n) is 10.2. The maximum Gasteiger partial charge on any atom is 0.243 e. The highest BCUT2D eigenvalue weighted by atomic mass is 32.2. The third-order valence-corrected chi connectivity index (χ3v) is 9.32. The zero-order valence-corrected chi connectivity index (χ0v) is 20.0. The van der Waals surface area contributed by atoms with Crippen molar-refractivity contribution in [3.63, 3.8) is 0 Å². The molecule has 0 aliphatic carbocycles. The lowest BCUT2D eigenvalue weighted by molar-refractivity contribution is -0.122. The fourth-order valence-corrected chi connectivity index (χ4v) is 6.59. The highest BCUT2D eigenvalue weighted by Gasteiger charge is 2.32. The lowest BCUT2D eigenvalue weighted by Crippen LogP contribution is -2.51. The summed E-state index contributed by atoms with van der Waals surface area (Å²) in [5.41, 5.74) is 4.91. The van der Waals surface area contributed by atoms with E-state index in [0.29, 0.717) is 44.2 Å². The molecule has 1 saturated heterocycles. The molecule has 0 unspecified atom stereocenters. The van der Waals surface area contributed by atoms with E-state index in [-0.39, 0.29) is 5.91 Å². The minimum atomic E-state index is -3.57. The van der Waals surface area contributed by atoms with E-state index in [2.05, 4.69) is 5.32 Å². The molecule has 1 aliphatic heterocycles. The van der Waals surface area contributed by atoms with Crippen molar-refractivity contribution >= 4 is 27.3 Å². The second-order valence-electron chi connectivity index (χ2n) is 7.99. The number of carbonyl (C=O) groups excluding carboxylic acids is 1. The molecule has 0 spiro atoms. The normalized spacial score (nSPS) is 16.0. The molecule has 2 heterocycles. The Kier molecular flexibility index (Phi) is 7.02. The van der Waals surface area contributed by atoms with E-state index in [9.17, 15) is 13.2 Å². The van der Waals surface area contributed by atoms with Crippen molar-refractivity contribution in [2.45, 2.75) is 46.1 Å². The number of thiophene rings is 1. The van der Waals surface area contributed by atoms with Crippen LogP contribution in [0.4, 0.5) is 0 Å². The van der Waals surface area contributed by atoms with Crippen molar-refractivity contribution in [2.24, 2.45) is 0 Å². The summed E-state index contributed by atoms with van der Waals surface area (Å²) in [5.74, 6) is -0.0313. The molecule has 30 heavy (non-hydrogen) atoms. The largest absolute Gasteiger partial charge is 0.350 e. The fraction of sp³-hybridized carbons (Fsp3) is 0.500. The van der Waals surface area contributed by atoms with Gasteiger partial charge in [0.2, 0.25) is 15.9 Å². The number of hydrogen-bond donors (Lipinski definition) is 1. The summed E-state index contributed by atoms with van der Waals surface area (Å²) >= 11 is 1.62. The van der Waals surface area contributed by atoms with Crippen molar-refractivity contribution < 1.29 is 13.2 Å². The van der Waals surface area contributed by atoms with E-state index in [0.717, 1.165) is 32.7 Å². The summed E-state index contributed by atoms with van der Waals surface area (Å²) in [6.07, 6.45) is 0. The third kappa shape index (κ3) is 4.61. The first-order valence-corrected chi connectivity index (χ1v) is 12.5. The number of benzene rings is 1. The zero-order chi connectivity index (χ0) is 22.1. The van der Waals surface area contributed by atoms with Gasteiger partial charge in [-0.05, 0) is 73.9 Å². The molecule has 0 saturated carbocycles. The average Bonchev–Trinajstić information content (AvgIpc) is 3.23. The van der Waals surface area contributed by atoms with E-state index in [1.807, 2.05) is 57.0 Å². The van der Waals surface area contributed by atoms with E-state index in [1.165, 1.54) is 0 Å². The Bertz CT molecular complexity index is 993. The van der Waals surface area contributed by atoms with Crippen LogP contribution in [0.5, 0.6) is 0 Å². The van der Waals surface area contributed by atoms with E-state index in [4.69, 9.17) is 0 Å². The van der Waals surface area contributed by atoms with Gasteiger partial charge < -0.3 is 5.32 Å².